The maximum absolute atomic E-state index is 11.7. The van der Waals surface area contributed by atoms with Crippen molar-refractivity contribution < 1.29 is 14.7 Å². The third kappa shape index (κ3) is 7.29. The summed E-state index contributed by atoms with van der Waals surface area (Å²) in [5.41, 5.74) is 0.786. The number of hydrogen-bond acceptors (Lipinski definition) is 3. The van der Waals surface area contributed by atoms with Crippen LogP contribution in [0.1, 0.15) is 32.8 Å². The van der Waals surface area contributed by atoms with Gasteiger partial charge < -0.3 is 15.7 Å². The van der Waals surface area contributed by atoms with Gasteiger partial charge in [-0.3, -0.25) is 9.78 Å². The second-order valence-electron chi connectivity index (χ2n) is 6.22. The zero-order valence-corrected chi connectivity index (χ0v) is 12.7. The first-order valence-corrected chi connectivity index (χ1v) is 6.91. The molecule has 0 saturated carbocycles. The summed E-state index contributed by atoms with van der Waals surface area (Å²) in [5.74, 6) is -1.48. The minimum Gasteiger partial charge on any atom is -0.481 e. The van der Waals surface area contributed by atoms with E-state index in [4.69, 9.17) is 0 Å². The van der Waals surface area contributed by atoms with Crippen LogP contribution in [0.5, 0.6) is 0 Å². The van der Waals surface area contributed by atoms with Crippen molar-refractivity contribution in [2.24, 2.45) is 11.3 Å². The lowest BCUT2D eigenvalue weighted by molar-refractivity contribution is -0.142. The summed E-state index contributed by atoms with van der Waals surface area (Å²) in [6, 6.07) is 3.27. The topological polar surface area (TPSA) is 91.3 Å². The van der Waals surface area contributed by atoms with E-state index in [0.29, 0.717) is 13.0 Å². The fraction of sp³-hybridized carbons (Fsp3) is 0.533. The van der Waals surface area contributed by atoms with Crippen molar-refractivity contribution in [2.45, 2.75) is 33.7 Å². The molecule has 0 aromatic carbocycles. The van der Waals surface area contributed by atoms with Gasteiger partial charge in [0.15, 0.2) is 0 Å². The SMILES string of the molecule is CC(C)(C)CC(CNC(=O)NCc1cccnc1)C(=O)O. The Morgan fingerprint density at radius 3 is 2.57 bits per heavy atom. The van der Waals surface area contributed by atoms with Gasteiger partial charge in [-0.05, 0) is 23.5 Å². The highest BCUT2D eigenvalue weighted by molar-refractivity contribution is 5.75. The van der Waals surface area contributed by atoms with E-state index in [2.05, 4.69) is 15.6 Å². The first-order chi connectivity index (χ1) is 9.78. The van der Waals surface area contributed by atoms with Crippen LogP contribution in [0.15, 0.2) is 24.5 Å². The van der Waals surface area contributed by atoms with Gasteiger partial charge in [0.25, 0.3) is 0 Å². The quantitative estimate of drug-likeness (QED) is 0.748. The number of rotatable bonds is 6. The van der Waals surface area contributed by atoms with Crippen LogP contribution in [0.25, 0.3) is 0 Å². The van der Waals surface area contributed by atoms with Gasteiger partial charge >= 0.3 is 12.0 Å². The molecule has 116 valence electrons. The maximum atomic E-state index is 11.7. The second-order valence-corrected chi connectivity index (χ2v) is 6.22. The number of aliphatic carboxylic acids is 1. The molecule has 1 aromatic heterocycles. The van der Waals surface area contributed by atoms with Crippen LogP contribution in [-0.2, 0) is 11.3 Å². The van der Waals surface area contributed by atoms with Crippen LogP contribution in [0.4, 0.5) is 4.79 Å². The monoisotopic (exact) mass is 293 g/mol. The van der Waals surface area contributed by atoms with Gasteiger partial charge in [-0.25, -0.2) is 4.79 Å². The number of aromatic nitrogens is 1. The number of hydrogen-bond donors (Lipinski definition) is 3. The van der Waals surface area contributed by atoms with E-state index in [1.165, 1.54) is 0 Å². The first-order valence-electron chi connectivity index (χ1n) is 6.91. The standard InChI is InChI=1S/C15H23N3O3/c1-15(2,3)7-12(13(19)20)10-18-14(21)17-9-11-5-4-6-16-8-11/h4-6,8,12H,7,9-10H2,1-3H3,(H,19,20)(H2,17,18,21). The van der Waals surface area contributed by atoms with Gasteiger partial charge in [0.1, 0.15) is 0 Å². The Morgan fingerprint density at radius 1 is 1.33 bits per heavy atom. The molecule has 0 bridgehead atoms. The van der Waals surface area contributed by atoms with Crippen molar-refractivity contribution in [1.82, 2.24) is 15.6 Å². The fourth-order valence-electron chi connectivity index (χ4n) is 1.95. The van der Waals surface area contributed by atoms with Crippen molar-refractivity contribution in [3.05, 3.63) is 30.1 Å². The molecule has 0 aliphatic carbocycles. The second kappa shape index (κ2) is 7.61. The lowest BCUT2D eigenvalue weighted by Gasteiger charge is -2.23. The number of nitrogens with one attached hydrogen (secondary N) is 2. The molecule has 1 rings (SSSR count). The fourth-order valence-corrected chi connectivity index (χ4v) is 1.95. The molecule has 1 atom stereocenters. The largest absolute Gasteiger partial charge is 0.481 e. The molecule has 6 nitrogen and oxygen atoms in total. The number of carboxylic acid groups (broad SMARTS) is 1. The number of pyridine rings is 1. The van der Waals surface area contributed by atoms with Crippen LogP contribution >= 0.6 is 0 Å². The Hall–Kier alpha value is -2.11. The number of urea groups is 1. The summed E-state index contributed by atoms with van der Waals surface area (Å²) in [7, 11) is 0. The zero-order valence-electron chi connectivity index (χ0n) is 12.7. The molecule has 0 fully saturated rings. The Balaban J connectivity index is 2.38. The predicted molar refractivity (Wildman–Crippen MR) is 79.7 cm³/mol. The third-order valence-corrected chi connectivity index (χ3v) is 2.89. The molecule has 0 saturated heterocycles. The summed E-state index contributed by atoms with van der Waals surface area (Å²) >= 11 is 0. The smallest absolute Gasteiger partial charge is 0.315 e. The van der Waals surface area contributed by atoms with Gasteiger partial charge in [-0.1, -0.05) is 26.8 Å². The number of carbonyl (C=O) groups is 2. The summed E-state index contributed by atoms with van der Waals surface area (Å²) in [6.07, 6.45) is 3.83. The molecular formula is C15H23N3O3. The van der Waals surface area contributed by atoms with E-state index in [0.717, 1.165) is 5.56 Å². The Kier molecular flexibility index (Phi) is 6.14. The molecule has 0 spiro atoms. The third-order valence-electron chi connectivity index (χ3n) is 2.89. The Morgan fingerprint density at radius 2 is 2.05 bits per heavy atom. The van der Waals surface area contributed by atoms with Gasteiger partial charge in [-0.15, -0.1) is 0 Å². The van der Waals surface area contributed by atoms with Gasteiger partial charge in [-0.2, -0.15) is 0 Å². The zero-order chi connectivity index (χ0) is 15.9. The molecular weight excluding hydrogens is 270 g/mol. The molecule has 1 heterocycles. The van der Waals surface area contributed by atoms with E-state index in [1.807, 2.05) is 26.8 Å². The van der Waals surface area contributed by atoms with Crippen LogP contribution in [0, 0.1) is 11.3 Å². The highest BCUT2D eigenvalue weighted by Gasteiger charge is 2.24. The molecule has 21 heavy (non-hydrogen) atoms. The van der Waals surface area contributed by atoms with Gasteiger partial charge in [0.05, 0.1) is 5.92 Å². The van der Waals surface area contributed by atoms with Crippen LogP contribution in [0.3, 0.4) is 0 Å². The van der Waals surface area contributed by atoms with E-state index in [9.17, 15) is 14.7 Å². The predicted octanol–water partition coefficient (Wildman–Crippen LogP) is 2.02. The molecule has 0 radical (unpaired) electrons. The number of nitrogens with zero attached hydrogens (tertiary/aromatic N) is 1. The summed E-state index contributed by atoms with van der Waals surface area (Å²) in [6.45, 7) is 6.41. The number of carbonyl (C=O) groups excluding carboxylic acids is 1. The molecule has 3 N–H and O–H groups in total. The average molecular weight is 293 g/mol. The lowest BCUT2D eigenvalue weighted by atomic mass is 9.84. The average Bonchev–Trinajstić information content (AvgIpc) is 2.41. The minimum atomic E-state index is -0.891. The van der Waals surface area contributed by atoms with Crippen molar-refractivity contribution in [2.75, 3.05) is 6.54 Å². The van der Waals surface area contributed by atoms with Crippen molar-refractivity contribution in [1.29, 1.82) is 0 Å². The van der Waals surface area contributed by atoms with Crippen LogP contribution < -0.4 is 10.6 Å². The van der Waals surface area contributed by atoms with E-state index < -0.39 is 11.9 Å². The number of amides is 2. The van der Waals surface area contributed by atoms with E-state index in [-0.39, 0.29) is 18.0 Å². The lowest BCUT2D eigenvalue weighted by Crippen LogP contribution is -2.40. The van der Waals surface area contributed by atoms with E-state index in [1.54, 1.807) is 18.5 Å². The highest BCUT2D eigenvalue weighted by Crippen LogP contribution is 2.24. The molecule has 0 aliphatic heterocycles. The van der Waals surface area contributed by atoms with Gasteiger partial charge in [0.2, 0.25) is 0 Å². The summed E-state index contributed by atoms with van der Waals surface area (Å²) in [5, 5.41) is 14.5. The normalized spacial score (nSPS) is 12.5. The molecule has 1 unspecified atom stereocenters. The Bertz CT molecular complexity index is 469. The summed E-state index contributed by atoms with van der Waals surface area (Å²) in [4.78, 5) is 26.8. The first kappa shape index (κ1) is 16.9. The summed E-state index contributed by atoms with van der Waals surface area (Å²) < 4.78 is 0. The van der Waals surface area contributed by atoms with Crippen LogP contribution in [-0.4, -0.2) is 28.6 Å². The van der Waals surface area contributed by atoms with Crippen LogP contribution in [0.2, 0.25) is 0 Å². The minimum absolute atomic E-state index is 0.100. The van der Waals surface area contributed by atoms with Crippen molar-refractivity contribution >= 4 is 12.0 Å². The highest BCUT2D eigenvalue weighted by atomic mass is 16.4. The van der Waals surface area contributed by atoms with Crippen molar-refractivity contribution in [3.8, 4) is 0 Å². The molecule has 6 heteroatoms. The maximum Gasteiger partial charge on any atom is 0.315 e. The number of carboxylic acids is 1. The Labute approximate surface area is 125 Å². The molecule has 1 aromatic rings. The van der Waals surface area contributed by atoms with Gasteiger partial charge in [0, 0.05) is 25.5 Å². The van der Waals surface area contributed by atoms with E-state index >= 15 is 0 Å². The molecule has 2 amide bonds. The van der Waals surface area contributed by atoms with Crippen molar-refractivity contribution in [3.63, 3.8) is 0 Å². The molecule has 0 aliphatic rings.